The molecule has 0 spiro atoms. The van der Waals surface area contributed by atoms with Gasteiger partial charge in [-0.2, -0.15) is 0 Å². The first-order valence-electron chi connectivity index (χ1n) is 5.45. The van der Waals surface area contributed by atoms with Crippen molar-refractivity contribution in [3.05, 3.63) is 46.2 Å². The Morgan fingerprint density at radius 1 is 1.44 bits per heavy atom. The first kappa shape index (κ1) is 13.1. The summed E-state index contributed by atoms with van der Waals surface area (Å²) in [6.45, 7) is 1.64. The van der Waals surface area contributed by atoms with E-state index in [-0.39, 0.29) is 0 Å². The molecule has 2 aromatic heterocycles. The second-order valence-corrected chi connectivity index (χ2v) is 5.22. The zero-order valence-corrected chi connectivity index (χ0v) is 11.7. The van der Waals surface area contributed by atoms with Crippen LogP contribution in [-0.2, 0) is 13.1 Å². The third-order valence-corrected chi connectivity index (χ3v) is 3.29. The summed E-state index contributed by atoms with van der Waals surface area (Å²) in [4.78, 5) is 10.9. The van der Waals surface area contributed by atoms with Gasteiger partial charge in [-0.25, -0.2) is 4.98 Å². The summed E-state index contributed by atoms with van der Waals surface area (Å²) >= 11 is 6.53. The Balaban J connectivity index is 2.00. The maximum atomic E-state index is 5.57. The van der Waals surface area contributed by atoms with E-state index < -0.39 is 0 Å². The lowest BCUT2D eigenvalue weighted by molar-refractivity contribution is 0.315. The van der Waals surface area contributed by atoms with E-state index >= 15 is 0 Å². The molecule has 4 nitrogen and oxygen atoms in total. The van der Waals surface area contributed by atoms with Crippen molar-refractivity contribution >= 4 is 28.5 Å². The number of hydrogen-bond acceptors (Lipinski definition) is 5. The van der Waals surface area contributed by atoms with Crippen LogP contribution in [0.25, 0.3) is 0 Å². The van der Waals surface area contributed by atoms with Crippen molar-refractivity contribution in [2.75, 3.05) is 7.05 Å². The van der Waals surface area contributed by atoms with Gasteiger partial charge in [0.15, 0.2) is 0 Å². The fraction of sp³-hybridized carbons (Fsp3) is 0.250. The highest BCUT2D eigenvalue weighted by Crippen LogP contribution is 2.09. The van der Waals surface area contributed by atoms with Gasteiger partial charge in [-0.15, -0.1) is 11.3 Å². The monoisotopic (exact) mass is 278 g/mol. The number of nitrogens with two attached hydrogens (primary N) is 1. The Bertz CT molecular complexity index is 525. The number of thiazole rings is 1. The fourth-order valence-electron chi connectivity index (χ4n) is 1.67. The van der Waals surface area contributed by atoms with Crippen molar-refractivity contribution < 1.29 is 0 Å². The number of aromatic nitrogens is 2. The van der Waals surface area contributed by atoms with Gasteiger partial charge >= 0.3 is 0 Å². The number of pyridine rings is 1. The second kappa shape index (κ2) is 5.99. The number of hydrogen-bond donors (Lipinski definition) is 1. The van der Waals surface area contributed by atoms with Gasteiger partial charge < -0.3 is 5.73 Å². The highest BCUT2D eigenvalue weighted by atomic mass is 32.1. The minimum absolute atomic E-state index is 0.332. The van der Waals surface area contributed by atoms with Gasteiger partial charge in [0.25, 0.3) is 0 Å². The summed E-state index contributed by atoms with van der Waals surface area (Å²) in [5.74, 6) is 0. The first-order chi connectivity index (χ1) is 8.65. The Morgan fingerprint density at radius 2 is 2.28 bits per heavy atom. The summed E-state index contributed by atoms with van der Waals surface area (Å²) in [5.41, 5.74) is 10.3. The van der Waals surface area contributed by atoms with Gasteiger partial charge in [-0.1, -0.05) is 12.2 Å². The summed E-state index contributed by atoms with van der Waals surface area (Å²) < 4.78 is 0. The quantitative estimate of drug-likeness (QED) is 0.845. The molecule has 2 heterocycles. The van der Waals surface area contributed by atoms with Gasteiger partial charge in [-0.05, 0) is 24.7 Å². The molecule has 0 saturated carbocycles. The molecule has 18 heavy (non-hydrogen) atoms. The topological polar surface area (TPSA) is 55.0 Å². The molecule has 94 valence electrons. The predicted octanol–water partition coefficient (Wildman–Crippen LogP) is 1.80. The molecule has 0 radical (unpaired) electrons. The molecule has 2 aromatic rings. The Morgan fingerprint density at radius 3 is 2.94 bits per heavy atom. The molecule has 0 saturated heterocycles. The Kier molecular flexibility index (Phi) is 4.35. The van der Waals surface area contributed by atoms with E-state index in [0.717, 1.165) is 24.3 Å². The van der Waals surface area contributed by atoms with Crippen molar-refractivity contribution in [2.24, 2.45) is 5.73 Å². The molecule has 0 aliphatic rings. The zero-order chi connectivity index (χ0) is 13.0. The van der Waals surface area contributed by atoms with E-state index in [4.69, 9.17) is 18.0 Å². The third-order valence-electron chi connectivity index (χ3n) is 2.44. The van der Waals surface area contributed by atoms with Crippen LogP contribution in [-0.4, -0.2) is 26.9 Å². The molecule has 0 unspecified atom stereocenters. The minimum atomic E-state index is 0.332. The molecule has 0 amide bonds. The predicted molar refractivity (Wildman–Crippen MR) is 77.4 cm³/mol. The van der Waals surface area contributed by atoms with E-state index in [2.05, 4.69) is 27.3 Å². The second-order valence-electron chi connectivity index (χ2n) is 4.07. The zero-order valence-electron chi connectivity index (χ0n) is 10.0. The first-order valence-corrected chi connectivity index (χ1v) is 6.80. The smallest absolute Gasteiger partial charge is 0.122 e. The van der Waals surface area contributed by atoms with Crippen LogP contribution in [0.4, 0.5) is 0 Å². The van der Waals surface area contributed by atoms with Gasteiger partial charge in [-0.3, -0.25) is 9.88 Å². The van der Waals surface area contributed by atoms with E-state index in [9.17, 15) is 0 Å². The number of nitrogens with zero attached hydrogens (tertiary/aromatic N) is 3. The molecule has 6 heteroatoms. The van der Waals surface area contributed by atoms with Gasteiger partial charge in [0.2, 0.25) is 0 Å². The molecular formula is C12H14N4S2. The third kappa shape index (κ3) is 3.56. The summed E-state index contributed by atoms with van der Waals surface area (Å²) in [6, 6.07) is 3.90. The van der Waals surface area contributed by atoms with Gasteiger partial charge in [0, 0.05) is 24.7 Å². The number of rotatable bonds is 5. The Hall–Kier alpha value is -1.37. The average Bonchev–Trinajstić information content (AvgIpc) is 2.82. The lowest BCUT2D eigenvalue weighted by Crippen LogP contribution is -2.18. The Labute approximate surface area is 115 Å². The normalized spacial score (nSPS) is 10.8. The van der Waals surface area contributed by atoms with Crippen molar-refractivity contribution in [3.63, 3.8) is 0 Å². The molecule has 2 rings (SSSR count). The van der Waals surface area contributed by atoms with Gasteiger partial charge in [0.1, 0.15) is 4.99 Å². The van der Waals surface area contributed by atoms with Crippen LogP contribution in [0.2, 0.25) is 0 Å². The van der Waals surface area contributed by atoms with Crippen LogP contribution in [0.5, 0.6) is 0 Å². The number of thiocarbonyl (C=S) groups is 1. The van der Waals surface area contributed by atoms with E-state index in [1.165, 1.54) is 0 Å². The largest absolute Gasteiger partial charge is 0.388 e. The van der Waals surface area contributed by atoms with E-state index in [0.29, 0.717) is 10.7 Å². The maximum absolute atomic E-state index is 5.57. The van der Waals surface area contributed by atoms with Crippen LogP contribution in [0.15, 0.2) is 29.2 Å². The average molecular weight is 278 g/mol. The van der Waals surface area contributed by atoms with Crippen LogP contribution in [0, 0.1) is 0 Å². The highest BCUT2D eigenvalue weighted by Gasteiger charge is 2.05. The molecule has 0 aromatic carbocycles. The summed E-state index contributed by atoms with van der Waals surface area (Å²) in [5, 5.41) is 2.06. The minimum Gasteiger partial charge on any atom is -0.388 e. The standard InChI is InChI=1S/C12H14N4S2/c1-16(6-10-7-18-8-15-10)5-9-2-3-14-11(4-9)12(13)17/h2-4,7-8H,5-6H2,1H3,(H2,13,17). The van der Waals surface area contributed by atoms with Gasteiger partial charge in [0.05, 0.1) is 16.9 Å². The lowest BCUT2D eigenvalue weighted by atomic mass is 10.2. The molecular weight excluding hydrogens is 264 g/mol. The molecule has 0 atom stereocenters. The fourth-order valence-corrected chi connectivity index (χ4v) is 2.33. The molecule has 2 N–H and O–H groups in total. The SMILES string of the molecule is CN(Cc1ccnc(C(N)=S)c1)Cc1cscn1. The van der Waals surface area contributed by atoms with E-state index in [1.54, 1.807) is 17.5 Å². The van der Waals surface area contributed by atoms with Crippen molar-refractivity contribution in [2.45, 2.75) is 13.1 Å². The van der Waals surface area contributed by atoms with Crippen molar-refractivity contribution in [3.8, 4) is 0 Å². The molecule has 0 fully saturated rings. The molecule has 0 aliphatic heterocycles. The molecule has 0 bridgehead atoms. The van der Waals surface area contributed by atoms with Crippen LogP contribution < -0.4 is 5.73 Å². The molecule has 0 aliphatic carbocycles. The van der Waals surface area contributed by atoms with E-state index in [1.807, 2.05) is 17.6 Å². The van der Waals surface area contributed by atoms with Crippen molar-refractivity contribution in [1.82, 2.24) is 14.9 Å². The van der Waals surface area contributed by atoms with Crippen molar-refractivity contribution in [1.29, 1.82) is 0 Å². The summed E-state index contributed by atoms with van der Waals surface area (Å²) in [7, 11) is 2.06. The lowest BCUT2D eigenvalue weighted by Gasteiger charge is -2.15. The maximum Gasteiger partial charge on any atom is 0.122 e. The van der Waals surface area contributed by atoms with Crippen LogP contribution >= 0.6 is 23.6 Å². The summed E-state index contributed by atoms with van der Waals surface area (Å²) in [6.07, 6.45) is 1.74. The van der Waals surface area contributed by atoms with Crippen LogP contribution in [0.1, 0.15) is 17.0 Å². The highest BCUT2D eigenvalue weighted by molar-refractivity contribution is 7.80. The van der Waals surface area contributed by atoms with Crippen LogP contribution in [0.3, 0.4) is 0 Å².